The molecule has 1 aromatic heterocycles. The van der Waals surface area contributed by atoms with Crippen molar-refractivity contribution < 1.29 is 4.79 Å². The van der Waals surface area contributed by atoms with E-state index in [1.165, 1.54) is 6.20 Å². The number of nitrogens with one attached hydrogen (secondary N) is 2. The standard InChI is InChI=1S/C19H17ClN4O/c1-13-21-12-17(20)18(23-13)19(25)24-16-9-7-14(8-10-16)11-22-15-5-3-2-4-6-15/h2-10,12,22H,11H2,1H3,(H,24,25). The van der Waals surface area contributed by atoms with Crippen molar-refractivity contribution in [2.24, 2.45) is 0 Å². The van der Waals surface area contributed by atoms with Gasteiger partial charge in [0.1, 0.15) is 5.82 Å². The summed E-state index contributed by atoms with van der Waals surface area (Å²) in [6, 6.07) is 17.6. The lowest BCUT2D eigenvalue weighted by atomic mass is 10.2. The fraction of sp³-hybridized carbons (Fsp3) is 0.105. The number of nitrogens with zero attached hydrogens (tertiary/aromatic N) is 2. The maximum absolute atomic E-state index is 12.3. The second-order valence-electron chi connectivity index (χ2n) is 5.48. The SMILES string of the molecule is Cc1ncc(Cl)c(C(=O)Nc2ccc(CNc3ccccc3)cc2)n1. The van der Waals surface area contributed by atoms with Crippen LogP contribution in [0.5, 0.6) is 0 Å². The molecule has 1 heterocycles. The number of hydrogen-bond acceptors (Lipinski definition) is 4. The first-order chi connectivity index (χ1) is 12.1. The summed E-state index contributed by atoms with van der Waals surface area (Å²) in [5.41, 5.74) is 3.02. The lowest BCUT2D eigenvalue weighted by molar-refractivity contribution is 0.102. The first kappa shape index (κ1) is 16.9. The first-order valence-corrected chi connectivity index (χ1v) is 8.18. The van der Waals surface area contributed by atoms with E-state index >= 15 is 0 Å². The minimum atomic E-state index is -0.356. The van der Waals surface area contributed by atoms with Crippen molar-refractivity contribution in [2.75, 3.05) is 10.6 Å². The predicted molar refractivity (Wildman–Crippen MR) is 99.9 cm³/mol. The van der Waals surface area contributed by atoms with Crippen LogP contribution in [0.3, 0.4) is 0 Å². The summed E-state index contributed by atoms with van der Waals surface area (Å²) in [5.74, 6) is 0.141. The van der Waals surface area contributed by atoms with Crippen molar-refractivity contribution in [3.05, 3.63) is 82.9 Å². The Balaban J connectivity index is 1.62. The molecule has 0 unspecified atom stereocenters. The fourth-order valence-corrected chi connectivity index (χ4v) is 2.45. The van der Waals surface area contributed by atoms with Crippen LogP contribution < -0.4 is 10.6 Å². The molecule has 6 heteroatoms. The molecule has 5 nitrogen and oxygen atoms in total. The zero-order valence-corrected chi connectivity index (χ0v) is 14.4. The van der Waals surface area contributed by atoms with Crippen molar-refractivity contribution in [3.63, 3.8) is 0 Å². The number of amides is 1. The highest BCUT2D eigenvalue weighted by Crippen LogP contribution is 2.16. The van der Waals surface area contributed by atoms with Gasteiger partial charge in [0.25, 0.3) is 5.91 Å². The molecule has 0 aliphatic carbocycles. The maximum atomic E-state index is 12.3. The summed E-state index contributed by atoms with van der Waals surface area (Å²) in [6.07, 6.45) is 1.43. The molecule has 0 aliphatic heterocycles. The largest absolute Gasteiger partial charge is 0.381 e. The summed E-state index contributed by atoms with van der Waals surface area (Å²) in [5, 5.41) is 6.36. The Morgan fingerprint density at radius 3 is 2.48 bits per heavy atom. The van der Waals surface area contributed by atoms with Crippen LogP contribution in [-0.4, -0.2) is 15.9 Å². The summed E-state index contributed by atoms with van der Waals surface area (Å²) < 4.78 is 0. The summed E-state index contributed by atoms with van der Waals surface area (Å²) in [6.45, 7) is 2.41. The number of rotatable bonds is 5. The normalized spacial score (nSPS) is 10.3. The Morgan fingerprint density at radius 2 is 1.76 bits per heavy atom. The van der Waals surface area contributed by atoms with E-state index in [-0.39, 0.29) is 16.6 Å². The van der Waals surface area contributed by atoms with Crippen LogP contribution in [0.1, 0.15) is 21.9 Å². The Labute approximate surface area is 151 Å². The van der Waals surface area contributed by atoms with Crippen LogP contribution in [0.25, 0.3) is 0 Å². The van der Waals surface area contributed by atoms with Crippen LogP contribution in [0.4, 0.5) is 11.4 Å². The molecule has 0 bridgehead atoms. The molecule has 0 spiro atoms. The molecule has 25 heavy (non-hydrogen) atoms. The number of anilines is 2. The van der Waals surface area contributed by atoms with Gasteiger partial charge in [0.2, 0.25) is 0 Å². The maximum Gasteiger partial charge on any atom is 0.275 e. The highest BCUT2D eigenvalue weighted by Gasteiger charge is 2.13. The van der Waals surface area contributed by atoms with E-state index in [0.717, 1.165) is 11.3 Å². The molecule has 2 N–H and O–H groups in total. The first-order valence-electron chi connectivity index (χ1n) is 7.80. The third kappa shape index (κ3) is 4.55. The number of aryl methyl sites for hydroxylation is 1. The number of halogens is 1. The summed E-state index contributed by atoms with van der Waals surface area (Å²) in [7, 11) is 0. The van der Waals surface area contributed by atoms with Gasteiger partial charge in [-0.15, -0.1) is 0 Å². The van der Waals surface area contributed by atoms with E-state index in [0.29, 0.717) is 18.1 Å². The summed E-state index contributed by atoms with van der Waals surface area (Å²) >= 11 is 5.99. The van der Waals surface area contributed by atoms with Gasteiger partial charge in [0.05, 0.1) is 11.2 Å². The van der Waals surface area contributed by atoms with Crippen molar-refractivity contribution in [2.45, 2.75) is 13.5 Å². The van der Waals surface area contributed by atoms with Crippen LogP contribution in [0.2, 0.25) is 5.02 Å². The highest BCUT2D eigenvalue weighted by molar-refractivity contribution is 6.33. The smallest absolute Gasteiger partial charge is 0.275 e. The van der Waals surface area contributed by atoms with Crippen molar-refractivity contribution >= 4 is 28.9 Å². The van der Waals surface area contributed by atoms with Gasteiger partial charge in [-0.25, -0.2) is 9.97 Å². The topological polar surface area (TPSA) is 66.9 Å². The van der Waals surface area contributed by atoms with Gasteiger partial charge in [-0.1, -0.05) is 41.9 Å². The molecule has 2 aromatic carbocycles. The average Bonchev–Trinajstić information content (AvgIpc) is 2.64. The van der Waals surface area contributed by atoms with E-state index in [1.807, 2.05) is 54.6 Å². The molecule has 126 valence electrons. The minimum absolute atomic E-state index is 0.170. The highest BCUT2D eigenvalue weighted by atomic mass is 35.5. The van der Waals surface area contributed by atoms with Gasteiger partial charge in [-0.3, -0.25) is 4.79 Å². The third-order valence-corrected chi connectivity index (χ3v) is 3.84. The zero-order valence-electron chi connectivity index (χ0n) is 13.7. The van der Waals surface area contributed by atoms with Gasteiger partial charge in [0, 0.05) is 17.9 Å². The van der Waals surface area contributed by atoms with Gasteiger partial charge in [-0.05, 0) is 36.8 Å². The second kappa shape index (κ2) is 7.77. The lowest BCUT2D eigenvalue weighted by Crippen LogP contribution is -2.15. The molecular weight excluding hydrogens is 336 g/mol. The van der Waals surface area contributed by atoms with Crippen molar-refractivity contribution in [1.29, 1.82) is 0 Å². The molecule has 3 aromatic rings. The molecule has 1 amide bonds. The molecule has 0 saturated carbocycles. The number of benzene rings is 2. The van der Waals surface area contributed by atoms with E-state index in [4.69, 9.17) is 11.6 Å². The van der Waals surface area contributed by atoms with Crippen molar-refractivity contribution in [3.8, 4) is 0 Å². The minimum Gasteiger partial charge on any atom is -0.381 e. The monoisotopic (exact) mass is 352 g/mol. The molecule has 3 rings (SSSR count). The van der Waals surface area contributed by atoms with E-state index < -0.39 is 0 Å². The van der Waals surface area contributed by atoms with E-state index in [1.54, 1.807) is 6.92 Å². The quantitative estimate of drug-likeness (QED) is 0.718. The molecule has 0 fully saturated rings. The number of carbonyl (C=O) groups is 1. The molecule has 0 atom stereocenters. The Bertz CT molecular complexity index is 866. The Kier molecular flexibility index (Phi) is 5.26. The summed E-state index contributed by atoms with van der Waals surface area (Å²) in [4.78, 5) is 20.3. The number of aromatic nitrogens is 2. The second-order valence-corrected chi connectivity index (χ2v) is 5.89. The van der Waals surface area contributed by atoms with Crippen molar-refractivity contribution in [1.82, 2.24) is 9.97 Å². The van der Waals surface area contributed by atoms with Gasteiger partial charge in [0.15, 0.2) is 5.69 Å². The van der Waals surface area contributed by atoms with Gasteiger partial charge < -0.3 is 10.6 Å². The van der Waals surface area contributed by atoms with E-state index in [9.17, 15) is 4.79 Å². The third-order valence-electron chi connectivity index (χ3n) is 3.56. The average molecular weight is 353 g/mol. The van der Waals surface area contributed by atoms with Crippen LogP contribution in [0, 0.1) is 6.92 Å². The predicted octanol–water partition coefficient (Wildman–Crippen LogP) is 4.30. The lowest BCUT2D eigenvalue weighted by Gasteiger charge is -2.09. The van der Waals surface area contributed by atoms with Gasteiger partial charge in [-0.2, -0.15) is 0 Å². The number of carbonyl (C=O) groups excluding carboxylic acids is 1. The number of hydrogen-bond donors (Lipinski definition) is 2. The fourth-order valence-electron chi connectivity index (χ4n) is 2.27. The van der Waals surface area contributed by atoms with Crippen LogP contribution >= 0.6 is 11.6 Å². The molecule has 0 saturated heterocycles. The van der Waals surface area contributed by atoms with Crippen LogP contribution in [0.15, 0.2) is 60.8 Å². The van der Waals surface area contributed by atoms with Gasteiger partial charge >= 0.3 is 0 Å². The van der Waals surface area contributed by atoms with E-state index in [2.05, 4.69) is 20.6 Å². The Morgan fingerprint density at radius 1 is 1.04 bits per heavy atom. The molecule has 0 radical (unpaired) electrons. The van der Waals surface area contributed by atoms with Crippen LogP contribution in [-0.2, 0) is 6.54 Å². The number of para-hydroxylation sites is 1. The Hall–Kier alpha value is -2.92. The molecule has 0 aliphatic rings. The zero-order chi connectivity index (χ0) is 17.6. The molecular formula is C19H17ClN4O.